The van der Waals surface area contributed by atoms with E-state index in [1.165, 1.54) is 0 Å². The van der Waals surface area contributed by atoms with Gasteiger partial charge in [0.15, 0.2) is 0 Å². The van der Waals surface area contributed by atoms with Crippen LogP contribution >= 0.6 is 0 Å². The Morgan fingerprint density at radius 1 is 1.44 bits per heavy atom. The summed E-state index contributed by atoms with van der Waals surface area (Å²) in [6, 6.07) is 1.03. The summed E-state index contributed by atoms with van der Waals surface area (Å²) in [5, 5.41) is 0. The molecular weight excluding hydrogens is 208 g/mol. The maximum absolute atomic E-state index is 11.7. The monoisotopic (exact) mass is 221 g/mol. The minimum atomic E-state index is -0.226. The average Bonchev–Trinajstić information content (AvgIpc) is 1.65. The van der Waals surface area contributed by atoms with Gasteiger partial charge in [-0.3, -0.25) is 10.3 Å². The van der Waals surface area contributed by atoms with Crippen LogP contribution in [-0.4, -0.2) is 15.5 Å². The molecule has 0 bridgehead atoms. The third kappa shape index (κ3) is 9.25. The Hall–Kier alpha value is 1.25. The van der Waals surface area contributed by atoms with Crippen molar-refractivity contribution >= 4 is 8.80 Å². The van der Waals surface area contributed by atoms with Gasteiger partial charge in [0.05, 0.1) is 0 Å². The fourth-order valence-corrected chi connectivity index (χ4v) is 1.95. The molecule has 0 aromatic heterocycles. The van der Waals surface area contributed by atoms with Gasteiger partial charge in [0, 0.05) is 41.5 Å². The molecular formula is C6H13FSiY-. The van der Waals surface area contributed by atoms with E-state index in [1.54, 1.807) is 0 Å². The van der Waals surface area contributed by atoms with E-state index in [-0.39, 0.29) is 48.2 Å². The van der Waals surface area contributed by atoms with Gasteiger partial charge in [-0.1, -0.05) is 13.1 Å². The second-order valence-corrected chi connectivity index (χ2v) is 5.24. The van der Waals surface area contributed by atoms with Crippen LogP contribution in [0.3, 0.4) is 0 Å². The minimum absolute atomic E-state index is 0. The molecule has 0 saturated heterocycles. The van der Waals surface area contributed by atoms with Crippen molar-refractivity contribution in [3.8, 4) is 0 Å². The minimum Gasteiger partial charge on any atom is -0.289 e. The molecule has 0 unspecified atom stereocenters. The van der Waals surface area contributed by atoms with E-state index in [9.17, 15) is 4.39 Å². The molecule has 3 heteroatoms. The summed E-state index contributed by atoms with van der Waals surface area (Å²) >= 11 is 0. The van der Waals surface area contributed by atoms with E-state index in [1.807, 2.05) is 6.92 Å². The van der Waals surface area contributed by atoms with Gasteiger partial charge in [-0.25, -0.2) is 0 Å². The summed E-state index contributed by atoms with van der Waals surface area (Å²) in [5.74, 6) is 1.00. The van der Waals surface area contributed by atoms with Crippen LogP contribution in [0.25, 0.3) is 0 Å². The molecule has 0 fully saturated rings. The second kappa shape index (κ2) is 7.36. The Morgan fingerprint density at radius 2 is 1.89 bits per heavy atom. The van der Waals surface area contributed by atoms with Crippen LogP contribution in [0.5, 0.6) is 0 Å². The molecule has 0 nitrogen and oxygen atoms in total. The van der Waals surface area contributed by atoms with E-state index in [4.69, 9.17) is 0 Å². The van der Waals surface area contributed by atoms with Crippen LogP contribution < -0.4 is 0 Å². The number of halogens is 1. The Morgan fingerprint density at radius 3 is 2.00 bits per heavy atom. The summed E-state index contributed by atoms with van der Waals surface area (Å²) in [7, 11) is -0.223. The third-order valence-electron chi connectivity index (χ3n) is 0.883. The molecule has 0 aromatic carbocycles. The SMILES string of the molecule is C[C-](CF)C[Si](C)C.[Y]. The number of hydrogen-bond acceptors (Lipinski definition) is 0. The predicted molar refractivity (Wildman–Crippen MR) is 37.2 cm³/mol. The molecule has 0 N–H and O–H groups in total. The summed E-state index contributed by atoms with van der Waals surface area (Å²) in [6.07, 6.45) is 0. The van der Waals surface area contributed by atoms with E-state index in [0.29, 0.717) is 0 Å². The maximum Gasteiger partial charge on any atom is 0.0102 e. The van der Waals surface area contributed by atoms with Gasteiger partial charge in [0.1, 0.15) is 0 Å². The van der Waals surface area contributed by atoms with Crippen molar-refractivity contribution in [2.45, 2.75) is 26.1 Å². The summed E-state index contributed by atoms with van der Waals surface area (Å²) < 4.78 is 11.7. The largest absolute Gasteiger partial charge is 0.289 e. The zero-order valence-corrected chi connectivity index (χ0v) is 10.2. The zero-order valence-electron chi connectivity index (χ0n) is 6.37. The van der Waals surface area contributed by atoms with Gasteiger partial charge in [0.25, 0.3) is 0 Å². The van der Waals surface area contributed by atoms with Gasteiger partial charge in [-0.2, -0.15) is 13.0 Å². The van der Waals surface area contributed by atoms with E-state index >= 15 is 0 Å². The van der Waals surface area contributed by atoms with Crippen molar-refractivity contribution in [2.24, 2.45) is 0 Å². The fourth-order valence-electron chi connectivity index (χ4n) is 0.651. The molecule has 52 valence electrons. The third-order valence-corrected chi connectivity index (χ3v) is 2.19. The molecule has 0 aliphatic rings. The molecule has 0 aliphatic heterocycles. The van der Waals surface area contributed by atoms with Crippen LogP contribution in [0.4, 0.5) is 4.39 Å². The van der Waals surface area contributed by atoms with Gasteiger partial charge in [0.2, 0.25) is 0 Å². The predicted octanol–water partition coefficient (Wildman–Crippen LogP) is 2.30. The Bertz CT molecular complexity index is 59.0. The molecule has 0 aliphatic carbocycles. The van der Waals surface area contributed by atoms with E-state index < -0.39 is 0 Å². The molecule has 0 heterocycles. The van der Waals surface area contributed by atoms with Crippen LogP contribution in [0.2, 0.25) is 19.1 Å². The first-order valence-corrected chi connectivity index (χ1v) is 5.54. The summed E-state index contributed by atoms with van der Waals surface area (Å²) in [6.45, 7) is 6.06. The van der Waals surface area contributed by atoms with Crippen LogP contribution in [0.1, 0.15) is 6.92 Å². The molecule has 0 spiro atoms. The van der Waals surface area contributed by atoms with Gasteiger partial charge < -0.3 is 0 Å². The summed E-state index contributed by atoms with van der Waals surface area (Å²) in [5.41, 5.74) is 0. The normalized spacial score (nSPS) is 10.0. The zero-order chi connectivity index (χ0) is 6.57. The van der Waals surface area contributed by atoms with Crippen molar-refractivity contribution in [3.05, 3.63) is 5.92 Å². The topological polar surface area (TPSA) is 0 Å². The first kappa shape index (κ1) is 12.9. The van der Waals surface area contributed by atoms with E-state index in [2.05, 4.69) is 13.1 Å². The molecule has 9 heavy (non-hydrogen) atoms. The first-order valence-electron chi connectivity index (χ1n) is 2.83. The van der Waals surface area contributed by atoms with Gasteiger partial charge in [-0.15, -0.1) is 0 Å². The number of hydrogen-bond donors (Lipinski definition) is 0. The smallest absolute Gasteiger partial charge is 0.0102 e. The maximum atomic E-state index is 11.7. The standard InChI is InChI=1S/C6H13FSi.Y/c1-6(4-7)5-8(2)3;/h4-5H2,1-3H3;/q-1;. The molecule has 0 amide bonds. The fraction of sp³-hybridized carbons (Fsp3) is 0.833. The Balaban J connectivity index is 0. The van der Waals surface area contributed by atoms with Crippen LogP contribution in [0, 0.1) is 5.92 Å². The quantitative estimate of drug-likeness (QED) is 0.506. The van der Waals surface area contributed by atoms with Crippen molar-refractivity contribution in [3.63, 3.8) is 0 Å². The molecule has 0 rings (SSSR count). The van der Waals surface area contributed by atoms with Crippen LogP contribution in [0.15, 0.2) is 0 Å². The van der Waals surface area contributed by atoms with Crippen molar-refractivity contribution in [1.29, 1.82) is 0 Å². The molecule has 2 radical (unpaired) electrons. The molecule has 0 atom stereocenters. The van der Waals surface area contributed by atoms with Crippen molar-refractivity contribution in [2.75, 3.05) is 6.67 Å². The number of rotatable bonds is 3. The Kier molecular flexibility index (Phi) is 10.5. The van der Waals surface area contributed by atoms with Crippen molar-refractivity contribution in [1.82, 2.24) is 0 Å². The average molecular weight is 221 g/mol. The molecule has 0 saturated carbocycles. The van der Waals surface area contributed by atoms with Gasteiger partial charge >= 0.3 is 0 Å². The Labute approximate surface area is 84.1 Å². The molecule has 0 aromatic rings. The summed E-state index contributed by atoms with van der Waals surface area (Å²) in [4.78, 5) is 0. The number of alkyl halides is 1. The van der Waals surface area contributed by atoms with Crippen LogP contribution in [-0.2, 0) is 32.7 Å². The first-order chi connectivity index (χ1) is 3.66. The second-order valence-electron chi connectivity index (χ2n) is 2.47. The van der Waals surface area contributed by atoms with Gasteiger partial charge in [-0.05, 0) is 6.67 Å². The van der Waals surface area contributed by atoms with Crippen molar-refractivity contribution < 1.29 is 37.1 Å². The van der Waals surface area contributed by atoms with E-state index in [0.717, 1.165) is 12.0 Å².